The lowest BCUT2D eigenvalue weighted by Crippen LogP contribution is -2.57. The predicted molar refractivity (Wildman–Crippen MR) is 328 cm³/mol. The second-order valence-electron chi connectivity index (χ2n) is 24.1. The number of aliphatic hydroxyl groups excluding tert-OH is 1. The van der Waals surface area contributed by atoms with E-state index in [1.54, 1.807) is 30.7 Å². The Morgan fingerprint density at radius 2 is 1.54 bits per heavy atom. The number of rotatable bonds is 25. The zero-order chi connectivity index (χ0) is 62.9. The average Bonchev–Trinajstić information content (AvgIpc) is 1.85. The second kappa shape index (κ2) is 28.5. The van der Waals surface area contributed by atoms with Crippen molar-refractivity contribution < 1.29 is 62.6 Å². The lowest BCUT2D eigenvalue weighted by Gasteiger charge is -2.35. The molecule has 9 N–H and O–H groups in total. The van der Waals surface area contributed by atoms with E-state index in [0.717, 1.165) is 49.5 Å². The maximum absolute atomic E-state index is 14.6. The Morgan fingerprint density at radius 1 is 0.874 bits per heavy atom. The first-order valence-corrected chi connectivity index (χ1v) is 31.9. The van der Waals surface area contributed by atoms with Crippen LogP contribution in [0.3, 0.4) is 0 Å². The van der Waals surface area contributed by atoms with Crippen LogP contribution in [-0.2, 0) is 75.3 Å². The zero-order valence-electron chi connectivity index (χ0n) is 49.9. The Morgan fingerprint density at radius 3 is 2.20 bits per heavy atom. The molecule has 2 heterocycles. The van der Waals surface area contributed by atoms with Crippen LogP contribution in [0.2, 0.25) is 0 Å². The summed E-state index contributed by atoms with van der Waals surface area (Å²) in [5, 5.41) is 22.5. The Kier molecular flexibility index (Phi) is 21.5. The van der Waals surface area contributed by atoms with E-state index in [-0.39, 0.29) is 75.0 Å². The Hall–Kier alpha value is -7.52. The van der Waals surface area contributed by atoms with Crippen molar-refractivity contribution in [1.29, 1.82) is 0 Å². The van der Waals surface area contributed by atoms with Gasteiger partial charge in [-0.05, 0) is 121 Å². The van der Waals surface area contributed by atoms with Crippen molar-refractivity contribution in [3.8, 4) is 10.4 Å². The molecule has 22 heteroatoms. The average molecular weight is 1230 g/mol. The number of nitrogens with zero attached hydrogens (tertiary/aromatic N) is 2. The number of thiazole rings is 1. The fourth-order valence-electron chi connectivity index (χ4n) is 11.7. The summed E-state index contributed by atoms with van der Waals surface area (Å²) < 4.78 is 17.8. The van der Waals surface area contributed by atoms with E-state index in [4.69, 9.17) is 10.5 Å². The summed E-state index contributed by atoms with van der Waals surface area (Å²) >= 11 is 1.56. The van der Waals surface area contributed by atoms with Gasteiger partial charge in [0, 0.05) is 44.0 Å². The Balaban J connectivity index is 0.808. The van der Waals surface area contributed by atoms with E-state index in [9.17, 15) is 57.8 Å². The van der Waals surface area contributed by atoms with Crippen LogP contribution in [0.1, 0.15) is 140 Å². The molecule has 0 saturated carbocycles. The fourth-order valence-corrected chi connectivity index (χ4v) is 13.0. The molecule has 8 rings (SSSR count). The molecule has 3 aliphatic rings. The molecule has 1 unspecified atom stereocenters. The molecular formula is C65H78N7O13PS. The number of carbonyl (C=O) groups excluding carboxylic acids is 8. The Labute approximate surface area is 510 Å². The van der Waals surface area contributed by atoms with Crippen molar-refractivity contribution in [3.63, 3.8) is 0 Å². The molecule has 87 heavy (non-hydrogen) atoms. The molecule has 1 aliphatic heterocycles. The molecule has 6 amide bonds. The number of unbranched alkanes of at least 4 members (excludes halogenated alkanes) is 1. The number of hydrogen-bond donors (Lipinski definition) is 8. The molecule has 5 aromatic rings. The lowest BCUT2D eigenvalue weighted by molar-refractivity contribution is -0.144. The number of β-amino-alcohol motifs (C(OH)–C–C–N with tert-alkyl or cyclic N) is 1. The number of hydrogen-bond acceptors (Lipinski definition) is 13. The molecule has 0 spiro atoms. The topological polar surface area (TPSA) is 314 Å². The minimum atomic E-state index is -4.98. The molecule has 462 valence electrons. The third kappa shape index (κ3) is 16.8. The Bertz CT molecular complexity index is 3450. The smallest absolute Gasteiger partial charge is 0.391 e. The molecule has 2 aliphatic carbocycles. The van der Waals surface area contributed by atoms with Crippen molar-refractivity contribution in [3.05, 3.63) is 153 Å². The van der Waals surface area contributed by atoms with E-state index in [1.807, 2.05) is 94.4 Å². The third-order valence-electron chi connectivity index (χ3n) is 16.6. The first kappa shape index (κ1) is 65.5. The number of carbonyl (C=O) groups is 8. The third-order valence-corrected chi connectivity index (χ3v) is 18.4. The van der Waals surface area contributed by atoms with Crippen molar-refractivity contribution in [2.24, 2.45) is 17.1 Å². The van der Waals surface area contributed by atoms with Gasteiger partial charge >= 0.3 is 7.60 Å². The van der Waals surface area contributed by atoms with Crippen LogP contribution in [0.5, 0.6) is 0 Å². The first-order chi connectivity index (χ1) is 41.2. The van der Waals surface area contributed by atoms with E-state index >= 15 is 0 Å². The number of Topliss-reactive ketones (excluding diaryl/α,β-unsaturated/α-hetero) is 1. The van der Waals surface area contributed by atoms with Gasteiger partial charge in [0.25, 0.3) is 5.52 Å². The number of nitrogens with two attached hydrogens (primary N) is 1. The SMILES string of the molecule is C/C(=C\C(=O)N[C@H]1CCc2cccc3c2C(C1=O)[C@H](C(=O)N[C@@H](CCC(N)=O)[C@@H](C)OCc1ccc(CCCCC(=O)N[C@H](C(=O)N2C[C@H](O)C[C@H]2C(=O)NCc2ccc(-c4scnc4C)cc2)C(C)(C)C)cc1)C3)c1ccc(C(=O)P(=O)(O)O)cc1. The number of nitrogens with one attached hydrogen (secondary N) is 4. The summed E-state index contributed by atoms with van der Waals surface area (Å²) in [7, 11) is -4.98. The number of allylic oxidation sites excluding steroid dienone is 1. The number of aromatic nitrogens is 1. The van der Waals surface area contributed by atoms with Crippen molar-refractivity contribution in [1.82, 2.24) is 31.2 Å². The summed E-state index contributed by atoms with van der Waals surface area (Å²) in [4.78, 5) is 133. The summed E-state index contributed by atoms with van der Waals surface area (Å²) in [6, 6.07) is 23.4. The van der Waals surface area contributed by atoms with E-state index < -0.39 is 90.4 Å². The molecular weight excluding hydrogens is 1150 g/mol. The van der Waals surface area contributed by atoms with Gasteiger partial charge in [0.1, 0.15) is 12.1 Å². The van der Waals surface area contributed by atoms with Crippen LogP contribution in [0.4, 0.5) is 0 Å². The van der Waals surface area contributed by atoms with Crippen molar-refractivity contribution in [2.45, 2.75) is 161 Å². The number of ketones is 1. The number of ether oxygens (including phenoxy) is 1. The fraction of sp³-hybridized carbons (Fsp3) is 0.431. The van der Waals surface area contributed by atoms with E-state index in [1.165, 1.54) is 35.2 Å². The lowest BCUT2D eigenvalue weighted by atomic mass is 9.84. The molecule has 4 aromatic carbocycles. The standard InChI is InChI=1S/C65H78N7O13PS/c1-37(43-22-24-46(25-23-43)64(81)86(82,83)84)30-55(76)69-51-27-26-44-11-9-12-47-31-49(57(56(44)47)58(51)77)61(78)70-50(28-29-53(66)74)39(3)85-35-42-16-14-40(15-17-42)10-7-8-13-54(75)71-60(65(4,5)6)63(80)72-34-48(73)32-52(72)62(79)67-33-41-18-20-45(21-19-41)59-38(2)68-36-87-59/h9,11-12,14-25,30,36,39,48-52,57,60,73H,7-8,10,13,26-29,31-35H2,1-6H3,(H2,66,74)(H,67,79)(H,69,76)(H,70,78)(H,71,75)(H2,82,83,84)/b37-30+/t39-,48-,49-,50+,51+,52+,57?,60-/m1/s1. The van der Waals surface area contributed by atoms with Crippen LogP contribution in [0.15, 0.2) is 103 Å². The summed E-state index contributed by atoms with van der Waals surface area (Å²) in [5.41, 5.74) is 13.5. The van der Waals surface area contributed by atoms with Gasteiger partial charge in [0.05, 0.1) is 58.8 Å². The second-order valence-corrected chi connectivity index (χ2v) is 26.5. The van der Waals surface area contributed by atoms with Gasteiger partial charge in [-0.25, -0.2) is 4.98 Å². The normalized spacial score (nSPS) is 19.5. The maximum atomic E-state index is 14.6. The number of primary amides is 1. The van der Waals surface area contributed by atoms with Gasteiger partial charge < -0.3 is 51.5 Å². The molecule has 8 atom stereocenters. The van der Waals surface area contributed by atoms with Gasteiger partial charge in [-0.2, -0.15) is 0 Å². The summed E-state index contributed by atoms with van der Waals surface area (Å²) in [6.45, 7) is 11.3. The summed E-state index contributed by atoms with van der Waals surface area (Å²) in [6.07, 6.45) is 3.18. The molecule has 1 saturated heterocycles. The van der Waals surface area contributed by atoms with Gasteiger partial charge in [-0.15, -0.1) is 11.3 Å². The highest BCUT2D eigenvalue weighted by atomic mass is 32.1. The van der Waals surface area contributed by atoms with Crippen LogP contribution < -0.4 is 27.0 Å². The van der Waals surface area contributed by atoms with Gasteiger partial charge in [-0.1, -0.05) is 112 Å². The largest absolute Gasteiger partial charge is 0.396 e. The van der Waals surface area contributed by atoms with Crippen molar-refractivity contribution >= 4 is 71.3 Å². The summed E-state index contributed by atoms with van der Waals surface area (Å²) in [5.74, 6) is -4.60. The van der Waals surface area contributed by atoms with Crippen LogP contribution in [0, 0.1) is 18.3 Å². The van der Waals surface area contributed by atoms with Crippen molar-refractivity contribution in [2.75, 3.05) is 6.54 Å². The molecule has 20 nitrogen and oxygen atoms in total. The first-order valence-electron chi connectivity index (χ1n) is 29.4. The monoisotopic (exact) mass is 1230 g/mol. The maximum Gasteiger partial charge on any atom is 0.396 e. The van der Waals surface area contributed by atoms with Gasteiger partial charge in [0.2, 0.25) is 35.4 Å². The van der Waals surface area contributed by atoms with Gasteiger partial charge in [0.15, 0.2) is 5.78 Å². The molecule has 0 bridgehead atoms. The number of likely N-dealkylation sites (tertiary alicyclic amines) is 1. The number of amides is 6. The molecule has 1 aromatic heterocycles. The van der Waals surface area contributed by atoms with E-state index in [2.05, 4.69) is 26.3 Å². The van der Waals surface area contributed by atoms with Crippen LogP contribution in [-0.4, -0.2) is 114 Å². The van der Waals surface area contributed by atoms with Crippen LogP contribution in [0.25, 0.3) is 16.0 Å². The number of aryl methyl sites for hydroxylation is 3. The highest BCUT2D eigenvalue weighted by Crippen LogP contribution is 2.44. The quantitative estimate of drug-likeness (QED) is 0.0172. The number of aliphatic hydroxyl groups is 1. The highest BCUT2D eigenvalue weighted by Gasteiger charge is 2.48. The van der Waals surface area contributed by atoms with Crippen LogP contribution >= 0.6 is 18.9 Å². The highest BCUT2D eigenvalue weighted by molar-refractivity contribution is 7.70. The van der Waals surface area contributed by atoms with Gasteiger partial charge in [-0.3, -0.25) is 42.9 Å². The minimum absolute atomic E-state index is 0.0260. The predicted octanol–water partition coefficient (Wildman–Crippen LogP) is 6.67. The molecule has 1 fully saturated rings. The number of benzene rings is 4. The minimum Gasteiger partial charge on any atom is -0.391 e. The molecule has 0 radical (unpaired) electrons. The zero-order valence-corrected chi connectivity index (χ0v) is 51.6. The van der Waals surface area contributed by atoms with E-state index in [0.29, 0.717) is 43.2 Å².